The van der Waals surface area contributed by atoms with E-state index in [1.54, 1.807) is 12.1 Å². The molecule has 1 aromatic carbocycles. The quantitative estimate of drug-likeness (QED) is 0.909. The molecule has 2 nitrogen and oxygen atoms in total. The molecule has 1 atom stereocenters. The van der Waals surface area contributed by atoms with Crippen LogP contribution >= 0.6 is 17.0 Å². The van der Waals surface area contributed by atoms with E-state index >= 15 is 0 Å². The number of hydrogen-bond acceptors (Lipinski definition) is 2. The summed E-state index contributed by atoms with van der Waals surface area (Å²) in [6, 6.07) is 4.70. The van der Waals surface area contributed by atoms with Crippen LogP contribution in [0.15, 0.2) is 18.2 Å². The highest BCUT2D eigenvalue weighted by Gasteiger charge is 2.13. The van der Waals surface area contributed by atoms with Crippen molar-refractivity contribution in [1.29, 1.82) is 0 Å². The second-order valence-electron chi connectivity index (χ2n) is 2.95. The van der Waals surface area contributed by atoms with E-state index in [0.29, 0.717) is 5.56 Å². The van der Waals surface area contributed by atoms with E-state index in [0.717, 1.165) is 0 Å². The lowest BCUT2D eigenvalue weighted by Crippen LogP contribution is -2.03. The van der Waals surface area contributed by atoms with Crippen molar-refractivity contribution in [3.8, 4) is 5.75 Å². The Morgan fingerprint density at radius 1 is 1.50 bits per heavy atom. The minimum atomic E-state index is -0.389. The molecule has 1 rings (SSSR count). The van der Waals surface area contributed by atoms with Gasteiger partial charge in [0, 0.05) is 18.1 Å². The Labute approximate surface area is 93.5 Å². The third-order valence-corrected chi connectivity index (χ3v) is 2.01. The maximum Gasteiger partial charge on any atom is 0.165 e. The summed E-state index contributed by atoms with van der Waals surface area (Å²) < 4.78 is 18.1. The topological polar surface area (TPSA) is 29.5 Å². The van der Waals surface area contributed by atoms with Crippen molar-refractivity contribution in [2.45, 2.75) is 12.8 Å². The van der Waals surface area contributed by atoms with Gasteiger partial charge < -0.3 is 9.84 Å². The largest absolute Gasteiger partial charge is 0.493 e. The Kier molecular flexibility index (Phi) is 5.72. The van der Waals surface area contributed by atoms with Gasteiger partial charge >= 0.3 is 0 Å². The molecule has 1 unspecified atom stereocenters. The third kappa shape index (κ3) is 2.69. The molecule has 0 amide bonds. The van der Waals surface area contributed by atoms with Crippen LogP contribution in [0.3, 0.4) is 0 Å². The van der Waals surface area contributed by atoms with Crippen LogP contribution in [0.1, 0.15) is 18.4 Å². The number of halogens is 2. The van der Waals surface area contributed by atoms with Crippen molar-refractivity contribution in [2.24, 2.45) is 0 Å². The van der Waals surface area contributed by atoms with Crippen LogP contribution in [-0.2, 0) is 0 Å². The van der Waals surface area contributed by atoms with Gasteiger partial charge in [-0.2, -0.15) is 0 Å². The van der Waals surface area contributed by atoms with E-state index in [4.69, 9.17) is 9.84 Å². The fourth-order valence-electron chi connectivity index (χ4n) is 1.23. The first-order valence-corrected chi connectivity index (χ1v) is 4.14. The van der Waals surface area contributed by atoms with Crippen LogP contribution in [0.25, 0.3) is 0 Å². The van der Waals surface area contributed by atoms with Gasteiger partial charge in [0.15, 0.2) is 11.6 Å². The van der Waals surface area contributed by atoms with E-state index < -0.39 is 0 Å². The van der Waals surface area contributed by atoms with E-state index in [-0.39, 0.29) is 41.1 Å². The number of para-hydroxylation sites is 1. The number of benzene rings is 1. The van der Waals surface area contributed by atoms with E-state index in [1.807, 2.05) is 6.92 Å². The molecule has 1 aromatic rings. The summed E-state index contributed by atoms with van der Waals surface area (Å²) in [6.07, 6.45) is 0. The minimum Gasteiger partial charge on any atom is -0.493 e. The van der Waals surface area contributed by atoms with Crippen LogP contribution < -0.4 is 4.74 Å². The number of aliphatic hydroxyl groups excluding tert-OH is 1. The molecular formula is C10H14BrFO2. The van der Waals surface area contributed by atoms with Crippen molar-refractivity contribution in [2.75, 3.05) is 13.7 Å². The SMILES string of the molecule is Br.COc1c(F)cccc1C(C)CO. The third-order valence-electron chi connectivity index (χ3n) is 2.01. The monoisotopic (exact) mass is 264 g/mol. The molecule has 0 radical (unpaired) electrons. The molecule has 0 heterocycles. The van der Waals surface area contributed by atoms with Crippen LogP contribution in [0.5, 0.6) is 5.75 Å². The first-order chi connectivity index (χ1) is 6.20. The van der Waals surface area contributed by atoms with Crippen molar-refractivity contribution in [3.05, 3.63) is 29.6 Å². The molecule has 0 bridgehead atoms. The van der Waals surface area contributed by atoms with Gasteiger partial charge in [-0.15, -0.1) is 17.0 Å². The Balaban J connectivity index is 0.00000169. The Morgan fingerprint density at radius 3 is 2.64 bits per heavy atom. The highest BCUT2D eigenvalue weighted by molar-refractivity contribution is 8.93. The summed E-state index contributed by atoms with van der Waals surface area (Å²) in [5, 5.41) is 8.92. The van der Waals surface area contributed by atoms with Crippen molar-refractivity contribution in [3.63, 3.8) is 0 Å². The second kappa shape index (κ2) is 5.98. The van der Waals surface area contributed by atoms with Crippen LogP contribution in [0.2, 0.25) is 0 Å². The standard InChI is InChI=1S/C10H13FO2.BrH/c1-7(6-12)8-4-3-5-9(11)10(8)13-2;/h3-5,7,12H,6H2,1-2H3;1H. The van der Waals surface area contributed by atoms with Gasteiger partial charge in [-0.1, -0.05) is 19.1 Å². The van der Waals surface area contributed by atoms with Crippen LogP contribution in [0.4, 0.5) is 4.39 Å². The van der Waals surface area contributed by atoms with Gasteiger partial charge in [0.05, 0.1) is 7.11 Å². The van der Waals surface area contributed by atoms with Gasteiger partial charge in [-0.05, 0) is 6.07 Å². The summed E-state index contributed by atoms with van der Waals surface area (Å²) in [7, 11) is 1.42. The summed E-state index contributed by atoms with van der Waals surface area (Å²) >= 11 is 0. The molecule has 0 aromatic heterocycles. The average Bonchev–Trinajstić information content (AvgIpc) is 2.16. The second-order valence-corrected chi connectivity index (χ2v) is 2.95. The molecule has 14 heavy (non-hydrogen) atoms. The average molecular weight is 265 g/mol. The molecule has 0 aliphatic rings. The zero-order valence-electron chi connectivity index (χ0n) is 8.16. The lowest BCUT2D eigenvalue weighted by molar-refractivity contribution is 0.268. The van der Waals surface area contributed by atoms with Crippen LogP contribution in [0, 0.1) is 5.82 Å². The fourth-order valence-corrected chi connectivity index (χ4v) is 1.23. The van der Waals surface area contributed by atoms with Gasteiger partial charge in [0.25, 0.3) is 0 Å². The number of methoxy groups -OCH3 is 1. The van der Waals surface area contributed by atoms with Crippen molar-refractivity contribution >= 4 is 17.0 Å². The number of hydrogen-bond donors (Lipinski definition) is 1. The molecule has 0 fully saturated rings. The van der Waals surface area contributed by atoms with Gasteiger partial charge in [-0.3, -0.25) is 0 Å². The normalized spacial score (nSPS) is 11.7. The number of ether oxygens (including phenoxy) is 1. The molecule has 4 heteroatoms. The molecular weight excluding hydrogens is 251 g/mol. The van der Waals surface area contributed by atoms with Gasteiger partial charge in [-0.25, -0.2) is 4.39 Å². The smallest absolute Gasteiger partial charge is 0.165 e. The Hall–Kier alpha value is -0.610. The maximum absolute atomic E-state index is 13.1. The highest BCUT2D eigenvalue weighted by Crippen LogP contribution is 2.28. The molecule has 0 saturated carbocycles. The Bertz CT molecular complexity index is 291. The molecule has 80 valence electrons. The van der Waals surface area contributed by atoms with Crippen molar-refractivity contribution < 1.29 is 14.2 Å². The van der Waals surface area contributed by atoms with Crippen molar-refractivity contribution in [1.82, 2.24) is 0 Å². The van der Waals surface area contributed by atoms with Gasteiger partial charge in [0.2, 0.25) is 0 Å². The molecule has 0 spiro atoms. The fraction of sp³-hybridized carbons (Fsp3) is 0.400. The predicted molar refractivity (Wildman–Crippen MR) is 58.8 cm³/mol. The summed E-state index contributed by atoms with van der Waals surface area (Å²) in [5.74, 6) is -0.269. The van der Waals surface area contributed by atoms with E-state index in [9.17, 15) is 4.39 Å². The number of aliphatic hydroxyl groups is 1. The summed E-state index contributed by atoms with van der Waals surface area (Å²) in [6.45, 7) is 1.80. The molecule has 0 aliphatic carbocycles. The Morgan fingerprint density at radius 2 is 2.14 bits per heavy atom. The molecule has 1 N–H and O–H groups in total. The van der Waals surface area contributed by atoms with E-state index in [1.165, 1.54) is 13.2 Å². The molecule has 0 aliphatic heterocycles. The number of rotatable bonds is 3. The first-order valence-electron chi connectivity index (χ1n) is 4.14. The maximum atomic E-state index is 13.1. The first kappa shape index (κ1) is 13.4. The lowest BCUT2D eigenvalue weighted by atomic mass is 10.0. The summed E-state index contributed by atoms with van der Waals surface area (Å²) in [4.78, 5) is 0. The lowest BCUT2D eigenvalue weighted by Gasteiger charge is -2.13. The highest BCUT2D eigenvalue weighted by atomic mass is 79.9. The van der Waals surface area contributed by atoms with E-state index in [2.05, 4.69) is 0 Å². The zero-order chi connectivity index (χ0) is 9.84. The predicted octanol–water partition coefficient (Wildman–Crippen LogP) is 2.51. The van der Waals surface area contributed by atoms with Gasteiger partial charge in [0.1, 0.15) is 0 Å². The minimum absolute atomic E-state index is 0. The summed E-state index contributed by atoms with van der Waals surface area (Å²) in [5.41, 5.74) is 0.699. The van der Waals surface area contributed by atoms with Crippen LogP contribution in [-0.4, -0.2) is 18.8 Å². The zero-order valence-corrected chi connectivity index (χ0v) is 9.87. The molecule has 0 saturated heterocycles.